The Bertz CT molecular complexity index is 741. The fourth-order valence-corrected chi connectivity index (χ4v) is 4.77. The molecule has 0 bridgehead atoms. The first-order valence-electron chi connectivity index (χ1n) is 8.48. The fourth-order valence-electron chi connectivity index (χ4n) is 4.16. The molecule has 118 valence electrons. The first-order valence-corrected chi connectivity index (χ1v) is 9.27. The number of fused-ring (bicyclic) bond motifs is 2. The molecule has 0 spiro atoms. The Labute approximate surface area is 147 Å². The van der Waals surface area contributed by atoms with E-state index in [9.17, 15) is 0 Å². The van der Waals surface area contributed by atoms with Gasteiger partial charge >= 0.3 is 0 Å². The van der Waals surface area contributed by atoms with E-state index in [1.807, 2.05) is 0 Å². The Kier molecular flexibility index (Phi) is 4.13. The summed E-state index contributed by atoms with van der Waals surface area (Å²) >= 11 is 3.82. The number of piperidine rings is 1. The highest BCUT2D eigenvalue weighted by Crippen LogP contribution is 2.45. The highest BCUT2D eigenvalue weighted by molar-refractivity contribution is 9.15. The molecule has 1 saturated heterocycles. The first kappa shape index (κ1) is 15.2. The Morgan fingerprint density at radius 3 is 2.35 bits per heavy atom. The highest BCUT2D eigenvalue weighted by atomic mass is 79.9. The van der Waals surface area contributed by atoms with E-state index in [1.54, 1.807) is 0 Å². The summed E-state index contributed by atoms with van der Waals surface area (Å²) in [6.07, 6.45) is 4.85. The Balaban J connectivity index is 1.87. The van der Waals surface area contributed by atoms with E-state index in [1.165, 1.54) is 52.7 Å². The Morgan fingerprint density at radius 2 is 1.57 bits per heavy atom. The van der Waals surface area contributed by atoms with Crippen molar-refractivity contribution in [3.63, 3.8) is 0 Å². The lowest BCUT2D eigenvalue weighted by Crippen LogP contribution is -2.33. The van der Waals surface area contributed by atoms with Crippen molar-refractivity contribution < 1.29 is 0 Å². The van der Waals surface area contributed by atoms with Crippen LogP contribution < -0.4 is 0 Å². The molecule has 1 heterocycles. The van der Waals surface area contributed by atoms with Gasteiger partial charge < -0.3 is 4.90 Å². The maximum absolute atomic E-state index is 3.82. The summed E-state index contributed by atoms with van der Waals surface area (Å²) in [5.41, 5.74) is 5.69. The molecule has 1 atom stereocenters. The molecular formula is C21H22BrN. The van der Waals surface area contributed by atoms with Crippen LogP contribution >= 0.6 is 15.9 Å². The lowest BCUT2D eigenvalue weighted by molar-refractivity contribution is 0.207. The van der Waals surface area contributed by atoms with Gasteiger partial charge in [-0.1, -0.05) is 64.5 Å². The molecule has 1 aliphatic heterocycles. The van der Waals surface area contributed by atoms with E-state index in [2.05, 4.69) is 82.5 Å². The Morgan fingerprint density at radius 1 is 0.913 bits per heavy atom. The molecule has 0 N–H and O–H groups in total. The van der Waals surface area contributed by atoms with Gasteiger partial charge in [0.05, 0.1) is 0 Å². The maximum atomic E-state index is 3.82. The van der Waals surface area contributed by atoms with Crippen molar-refractivity contribution in [1.29, 1.82) is 0 Å². The highest BCUT2D eigenvalue weighted by Gasteiger charge is 2.32. The third-order valence-electron chi connectivity index (χ3n) is 5.40. The van der Waals surface area contributed by atoms with Crippen LogP contribution in [-0.4, -0.2) is 25.0 Å². The minimum Gasteiger partial charge on any atom is -0.306 e. The zero-order chi connectivity index (χ0) is 15.8. The van der Waals surface area contributed by atoms with Gasteiger partial charge in [0, 0.05) is 10.4 Å². The third-order valence-corrected chi connectivity index (χ3v) is 6.06. The van der Waals surface area contributed by atoms with Gasteiger partial charge in [-0.25, -0.2) is 0 Å². The topological polar surface area (TPSA) is 3.24 Å². The van der Waals surface area contributed by atoms with Crippen LogP contribution in [0.3, 0.4) is 0 Å². The van der Waals surface area contributed by atoms with Gasteiger partial charge in [0.25, 0.3) is 0 Å². The third kappa shape index (κ3) is 2.79. The van der Waals surface area contributed by atoms with E-state index in [-0.39, 0.29) is 0 Å². The number of hydrogen-bond acceptors (Lipinski definition) is 1. The van der Waals surface area contributed by atoms with Crippen LogP contribution in [0.2, 0.25) is 0 Å². The van der Waals surface area contributed by atoms with Gasteiger partial charge in [0.2, 0.25) is 0 Å². The standard InChI is InChI=1S/C21H22BrN/c1-23-12-10-15(11-13-23)21-17-7-3-2-6-16(17)14-20(22)18-8-4-5-9-19(18)21/h2-9,14-15,21H,10-13H2,1H3. The molecule has 0 saturated carbocycles. The molecule has 0 aromatic heterocycles. The molecule has 1 aliphatic carbocycles. The number of rotatable bonds is 1. The second kappa shape index (κ2) is 6.26. The molecule has 2 heteroatoms. The van der Waals surface area contributed by atoms with Crippen LogP contribution in [0.1, 0.15) is 41.0 Å². The van der Waals surface area contributed by atoms with Crippen molar-refractivity contribution in [1.82, 2.24) is 4.90 Å². The largest absolute Gasteiger partial charge is 0.306 e. The van der Waals surface area contributed by atoms with Crippen LogP contribution in [0.25, 0.3) is 10.6 Å². The summed E-state index contributed by atoms with van der Waals surface area (Å²) in [4.78, 5) is 2.46. The molecule has 0 amide bonds. The van der Waals surface area contributed by atoms with Gasteiger partial charge in [0.1, 0.15) is 0 Å². The van der Waals surface area contributed by atoms with Crippen LogP contribution in [0.15, 0.2) is 48.5 Å². The molecule has 0 radical (unpaired) electrons. The van der Waals surface area contributed by atoms with Crippen molar-refractivity contribution >= 4 is 26.5 Å². The van der Waals surface area contributed by atoms with Gasteiger partial charge in [-0.15, -0.1) is 0 Å². The number of likely N-dealkylation sites (tertiary alicyclic amines) is 1. The number of benzene rings is 2. The van der Waals surface area contributed by atoms with Crippen LogP contribution in [0, 0.1) is 5.92 Å². The summed E-state index contributed by atoms with van der Waals surface area (Å²) in [5.74, 6) is 1.22. The predicted molar refractivity (Wildman–Crippen MR) is 102 cm³/mol. The first-order chi connectivity index (χ1) is 11.2. The Hall–Kier alpha value is -1.38. The van der Waals surface area contributed by atoms with E-state index in [0.717, 1.165) is 5.92 Å². The molecule has 4 rings (SSSR count). The molecule has 2 aromatic rings. The summed E-state index contributed by atoms with van der Waals surface area (Å²) < 4.78 is 1.20. The minimum atomic E-state index is 0.502. The quantitative estimate of drug-likeness (QED) is 0.654. The van der Waals surface area contributed by atoms with E-state index in [0.29, 0.717) is 5.92 Å². The summed E-state index contributed by atoms with van der Waals surface area (Å²) in [6.45, 7) is 2.42. The van der Waals surface area contributed by atoms with Gasteiger partial charge in [-0.05, 0) is 67.2 Å². The number of hydrogen-bond donors (Lipinski definition) is 0. The zero-order valence-corrected chi connectivity index (χ0v) is 15.1. The molecule has 2 aliphatic rings. The molecule has 1 nitrogen and oxygen atoms in total. The average molecular weight is 368 g/mol. The molecular weight excluding hydrogens is 346 g/mol. The molecule has 23 heavy (non-hydrogen) atoms. The van der Waals surface area contributed by atoms with E-state index in [4.69, 9.17) is 0 Å². The lowest BCUT2D eigenvalue weighted by atomic mass is 9.74. The van der Waals surface area contributed by atoms with Crippen LogP contribution in [-0.2, 0) is 0 Å². The summed E-state index contributed by atoms with van der Waals surface area (Å²) in [5, 5.41) is 0. The second-order valence-corrected chi connectivity index (χ2v) is 7.68. The summed E-state index contributed by atoms with van der Waals surface area (Å²) in [6, 6.07) is 17.8. The smallest absolute Gasteiger partial charge is 0.0256 e. The van der Waals surface area contributed by atoms with Crippen molar-refractivity contribution in [2.75, 3.05) is 20.1 Å². The van der Waals surface area contributed by atoms with Crippen LogP contribution in [0.5, 0.6) is 0 Å². The maximum Gasteiger partial charge on any atom is 0.0256 e. The summed E-state index contributed by atoms with van der Waals surface area (Å²) in [7, 11) is 2.24. The van der Waals surface area contributed by atoms with E-state index >= 15 is 0 Å². The molecule has 2 aromatic carbocycles. The monoisotopic (exact) mass is 367 g/mol. The van der Waals surface area contributed by atoms with Crippen molar-refractivity contribution in [3.8, 4) is 0 Å². The van der Waals surface area contributed by atoms with Gasteiger partial charge in [-0.2, -0.15) is 0 Å². The lowest BCUT2D eigenvalue weighted by Gasteiger charge is -2.35. The number of halogens is 1. The van der Waals surface area contributed by atoms with Crippen molar-refractivity contribution in [2.24, 2.45) is 5.92 Å². The predicted octanol–water partition coefficient (Wildman–Crippen LogP) is 5.37. The normalized spacial score (nSPS) is 22.0. The minimum absolute atomic E-state index is 0.502. The van der Waals surface area contributed by atoms with Crippen molar-refractivity contribution in [2.45, 2.75) is 18.8 Å². The number of nitrogens with zero attached hydrogens (tertiary/aromatic N) is 1. The van der Waals surface area contributed by atoms with Gasteiger partial charge in [-0.3, -0.25) is 0 Å². The molecule has 1 fully saturated rings. The van der Waals surface area contributed by atoms with Crippen LogP contribution in [0.4, 0.5) is 0 Å². The van der Waals surface area contributed by atoms with E-state index < -0.39 is 0 Å². The average Bonchev–Trinajstić information content (AvgIpc) is 2.70. The zero-order valence-electron chi connectivity index (χ0n) is 13.5. The SMILES string of the molecule is CN1CCC(C2c3ccccc3C=C(Br)c3ccccc32)CC1. The molecule has 1 unspecified atom stereocenters. The van der Waals surface area contributed by atoms with Gasteiger partial charge in [0.15, 0.2) is 0 Å². The fraction of sp³-hybridized carbons (Fsp3) is 0.333. The second-order valence-electron chi connectivity index (χ2n) is 6.83. The van der Waals surface area contributed by atoms with Crippen molar-refractivity contribution in [3.05, 3.63) is 70.8 Å².